The van der Waals surface area contributed by atoms with Gasteiger partial charge in [0.15, 0.2) is 11.5 Å². The van der Waals surface area contributed by atoms with Gasteiger partial charge < -0.3 is 29.5 Å². The fourth-order valence-electron chi connectivity index (χ4n) is 3.63. The van der Waals surface area contributed by atoms with Crippen LogP contribution in [0, 0.1) is 0 Å². The van der Waals surface area contributed by atoms with Gasteiger partial charge in [-0.2, -0.15) is 5.10 Å². The molecule has 0 aliphatic carbocycles. The highest BCUT2D eigenvalue weighted by atomic mass is 35.5. The van der Waals surface area contributed by atoms with Crippen molar-refractivity contribution in [3.05, 3.63) is 46.0 Å². The molecule has 168 valence electrons. The molecule has 2 aliphatic heterocycles. The average molecular weight is 461 g/mol. The number of rotatable bonds is 7. The van der Waals surface area contributed by atoms with E-state index in [1.165, 1.54) is 20.4 Å². The first-order chi connectivity index (χ1) is 15.5. The summed E-state index contributed by atoms with van der Waals surface area (Å²) in [6, 6.07) is 6.60. The van der Waals surface area contributed by atoms with Gasteiger partial charge in [-0.25, -0.2) is 10.2 Å². The van der Waals surface area contributed by atoms with Gasteiger partial charge in [-0.3, -0.25) is 0 Å². The van der Waals surface area contributed by atoms with E-state index in [0.29, 0.717) is 52.0 Å². The van der Waals surface area contributed by atoms with E-state index in [2.05, 4.69) is 15.7 Å². The molecular weight excluding hydrogens is 440 g/mol. The van der Waals surface area contributed by atoms with Gasteiger partial charge in [-0.15, -0.1) is 0 Å². The second-order valence-corrected chi connectivity index (χ2v) is 7.37. The maximum atomic E-state index is 11.1. The van der Waals surface area contributed by atoms with Crippen LogP contribution in [0.1, 0.15) is 23.1 Å². The number of ether oxygens (including phenoxy) is 4. The predicted octanol–water partition coefficient (Wildman–Crippen LogP) is 2.82. The minimum absolute atomic E-state index is 0.00609. The highest BCUT2D eigenvalue weighted by Crippen LogP contribution is 2.52. The molecule has 2 amide bonds. The summed E-state index contributed by atoms with van der Waals surface area (Å²) in [6.45, 7) is 0.00609. The second kappa shape index (κ2) is 9.23. The molecular formula is C21H21ClN4O6. The smallest absolute Gasteiger partial charge is 0.332 e. The fraction of sp³-hybridized carbons (Fsp3) is 0.286. The fourth-order valence-corrected chi connectivity index (χ4v) is 3.75. The zero-order valence-corrected chi connectivity index (χ0v) is 18.1. The number of amides is 2. The van der Waals surface area contributed by atoms with E-state index in [9.17, 15) is 4.79 Å². The summed E-state index contributed by atoms with van der Waals surface area (Å²) in [4.78, 5) is 16.8. The van der Waals surface area contributed by atoms with Crippen molar-refractivity contribution in [1.82, 2.24) is 5.43 Å². The third-order valence-corrected chi connectivity index (χ3v) is 5.24. The summed E-state index contributed by atoms with van der Waals surface area (Å²) < 4.78 is 22.4. The lowest BCUT2D eigenvalue weighted by atomic mass is 9.95. The number of hydrogen-bond acceptors (Lipinski definition) is 8. The number of primary amides is 1. The molecule has 1 atom stereocenters. The summed E-state index contributed by atoms with van der Waals surface area (Å²) in [5.41, 5.74) is 10.3. The van der Waals surface area contributed by atoms with Crippen LogP contribution in [0.15, 0.2) is 34.5 Å². The van der Waals surface area contributed by atoms with Crippen LogP contribution >= 0.6 is 11.6 Å². The number of carbonyl (C=O) groups excluding carboxylic acids is 1. The minimum Gasteiger partial charge on any atom is -0.492 e. The topological polar surface area (TPSA) is 126 Å². The lowest BCUT2D eigenvalue weighted by Gasteiger charge is -2.19. The Morgan fingerprint density at radius 2 is 1.97 bits per heavy atom. The van der Waals surface area contributed by atoms with Gasteiger partial charge in [0, 0.05) is 29.0 Å². The van der Waals surface area contributed by atoms with Gasteiger partial charge >= 0.3 is 6.03 Å². The Hall–Kier alpha value is -3.66. The lowest BCUT2D eigenvalue weighted by Crippen LogP contribution is -2.24. The Bertz CT molecular complexity index is 1090. The summed E-state index contributed by atoms with van der Waals surface area (Å²) in [5, 5.41) is 8.78. The van der Waals surface area contributed by atoms with Gasteiger partial charge in [0.1, 0.15) is 6.10 Å². The number of oxime groups is 1. The number of hydrazone groups is 1. The first-order valence-corrected chi connectivity index (χ1v) is 10.0. The number of hydrogen-bond donors (Lipinski definition) is 2. The Kier molecular flexibility index (Phi) is 6.22. The Labute approximate surface area is 188 Å². The quantitative estimate of drug-likeness (QED) is 0.483. The maximum absolute atomic E-state index is 11.1. The second-order valence-electron chi connectivity index (χ2n) is 6.94. The standard InChI is InChI=1S/C21H21ClN4O6/c1-28-17-14(7-13-8-16(26-32-13)11-3-5-12(22)6-4-11)15(9-24-25-21(23)27)18-20(19(17)29-2)31-10-30-18/h3-6,9,13H,7-8,10H2,1-2H3,(H3,23,25,27). The molecule has 0 saturated carbocycles. The molecule has 0 radical (unpaired) electrons. The summed E-state index contributed by atoms with van der Waals surface area (Å²) in [6.07, 6.45) is 2.11. The number of fused-ring (bicyclic) bond motifs is 1. The first kappa shape index (κ1) is 21.6. The maximum Gasteiger partial charge on any atom is 0.332 e. The number of urea groups is 1. The molecule has 2 aromatic carbocycles. The summed E-state index contributed by atoms with van der Waals surface area (Å²) >= 11 is 5.98. The molecule has 3 N–H and O–H groups in total. The number of nitrogens with one attached hydrogen (secondary N) is 1. The van der Waals surface area contributed by atoms with E-state index < -0.39 is 6.03 Å². The molecule has 0 spiro atoms. The molecule has 2 heterocycles. The Balaban J connectivity index is 1.67. The Morgan fingerprint density at radius 1 is 1.25 bits per heavy atom. The molecule has 10 nitrogen and oxygen atoms in total. The van der Waals surface area contributed by atoms with E-state index in [0.717, 1.165) is 11.3 Å². The van der Waals surface area contributed by atoms with Crippen molar-refractivity contribution >= 4 is 29.6 Å². The van der Waals surface area contributed by atoms with Crippen LogP contribution in [-0.2, 0) is 11.3 Å². The lowest BCUT2D eigenvalue weighted by molar-refractivity contribution is 0.0853. The number of nitrogens with zero attached hydrogens (tertiary/aromatic N) is 2. The zero-order valence-electron chi connectivity index (χ0n) is 17.4. The zero-order chi connectivity index (χ0) is 22.7. The van der Waals surface area contributed by atoms with E-state index in [1.54, 1.807) is 12.1 Å². The number of carbonyl (C=O) groups is 1. The third-order valence-electron chi connectivity index (χ3n) is 4.99. The highest BCUT2D eigenvalue weighted by molar-refractivity contribution is 6.30. The molecule has 0 saturated heterocycles. The van der Waals surface area contributed by atoms with Crippen LogP contribution in [0.25, 0.3) is 0 Å². The summed E-state index contributed by atoms with van der Waals surface area (Å²) in [7, 11) is 3.04. The third kappa shape index (κ3) is 4.22. The monoisotopic (exact) mass is 460 g/mol. The molecule has 32 heavy (non-hydrogen) atoms. The van der Waals surface area contributed by atoms with Crippen LogP contribution in [0.2, 0.25) is 5.02 Å². The van der Waals surface area contributed by atoms with Gasteiger partial charge in [-0.05, 0) is 17.7 Å². The predicted molar refractivity (Wildman–Crippen MR) is 117 cm³/mol. The van der Waals surface area contributed by atoms with Crippen molar-refractivity contribution in [1.29, 1.82) is 0 Å². The van der Waals surface area contributed by atoms with Crippen LogP contribution in [0.3, 0.4) is 0 Å². The van der Waals surface area contributed by atoms with Crippen molar-refractivity contribution in [2.75, 3.05) is 21.0 Å². The van der Waals surface area contributed by atoms with Crippen molar-refractivity contribution < 1.29 is 28.6 Å². The van der Waals surface area contributed by atoms with Gasteiger partial charge in [0.2, 0.25) is 18.3 Å². The Morgan fingerprint density at radius 3 is 2.66 bits per heavy atom. The minimum atomic E-state index is -0.794. The van der Waals surface area contributed by atoms with E-state index in [1.807, 2.05) is 12.1 Å². The van der Waals surface area contributed by atoms with Crippen LogP contribution in [0.4, 0.5) is 4.79 Å². The molecule has 2 aromatic rings. The molecule has 2 aliphatic rings. The highest BCUT2D eigenvalue weighted by Gasteiger charge is 2.33. The molecule has 0 bridgehead atoms. The van der Waals surface area contributed by atoms with Crippen molar-refractivity contribution in [3.8, 4) is 23.0 Å². The number of halogens is 1. The van der Waals surface area contributed by atoms with Gasteiger partial charge in [0.25, 0.3) is 0 Å². The molecule has 1 unspecified atom stereocenters. The van der Waals surface area contributed by atoms with Gasteiger partial charge in [0.05, 0.1) is 26.1 Å². The molecule has 11 heteroatoms. The van der Waals surface area contributed by atoms with E-state index in [-0.39, 0.29) is 12.9 Å². The van der Waals surface area contributed by atoms with Gasteiger partial charge in [-0.1, -0.05) is 28.9 Å². The van der Waals surface area contributed by atoms with Crippen molar-refractivity contribution in [2.24, 2.45) is 16.0 Å². The number of nitrogens with two attached hydrogens (primary N) is 1. The average Bonchev–Trinajstić information content (AvgIpc) is 3.44. The van der Waals surface area contributed by atoms with Crippen LogP contribution in [0.5, 0.6) is 23.0 Å². The molecule has 0 fully saturated rings. The number of methoxy groups -OCH3 is 2. The van der Waals surface area contributed by atoms with E-state index >= 15 is 0 Å². The molecule has 0 aromatic heterocycles. The van der Waals surface area contributed by atoms with E-state index in [4.69, 9.17) is 41.1 Å². The van der Waals surface area contributed by atoms with Crippen molar-refractivity contribution in [3.63, 3.8) is 0 Å². The normalized spacial score (nSPS) is 16.6. The van der Waals surface area contributed by atoms with Crippen molar-refractivity contribution in [2.45, 2.75) is 18.9 Å². The van der Waals surface area contributed by atoms with Crippen LogP contribution in [-0.4, -0.2) is 45.1 Å². The SMILES string of the molecule is COc1c(CC2CC(c3ccc(Cl)cc3)=NO2)c(C=NNC(N)=O)c2c(c1OC)OCO2. The van der Waals surface area contributed by atoms with Crippen LogP contribution < -0.4 is 30.1 Å². The first-order valence-electron chi connectivity index (χ1n) is 9.65. The largest absolute Gasteiger partial charge is 0.492 e. The number of benzene rings is 2. The molecule has 4 rings (SSSR count). The summed E-state index contributed by atoms with van der Waals surface area (Å²) in [5.74, 6) is 1.65.